The topological polar surface area (TPSA) is 0 Å². The molecular weight excluding hydrogens is 300 g/mol. The van der Waals surface area contributed by atoms with E-state index in [2.05, 4.69) is 95.3 Å². The van der Waals surface area contributed by atoms with Crippen molar-refractivity contribution in [2.75, 3.05) is 0 Å². The quantitative estimate of drug-likeness (QED) is 0.497. The van der Waals surface area contributed by atoms with Gasteiger partial charge in [0.25, 0.3) is 0 Å². The van der Waals surface area contributed by atoms with Crippen molar-refractivity contribution in [3.63, 3.8) is 0 Å². The zero-order valence-electron chi connectivity index (χ0n) is 16.6. The van der Waals surface area contributed by atoms with Crippen molar-refractivity contribution in [3.05, 3.63) is 83.0 Å². The molecule has 1 atom stereocenters. The molecule has 0 fully saturated rings. The average molecular weight is 335 g/mol. The van der Waals surface area contributed by atoms with E-state index in [1.807, 2.05) is 0 Å². The molecule has 0 heterocycles. The van der Waals surface area contributed by atoms with Gasteiger partial charge in [-0.1, -0.05) is 95.3 Å². The SMILES string of the molecule is CCC(\C=C/C1=C\CC\C=C/C=C\1)c1c(C(C)C)cccc1C(C)C. The lowest BCUT2D eigenvalue weighted by Gasteiger charge is -2.24. The maximum atomic E-state index is 2.43. The van der Waals surface area contributed by atoms with Crippen molar-refractivity contribution >= 4 is 0 Å². The molecule has 1 aliphatic carbocycles. The van der Waals surface area contributed by atoms with Gasteiger partial charge < -0.3 is 0 Å². The first kappa shape index (κ1) is 19.5. The Hall–Kier alpha value is -1.82. The smallest absolute Gasteiger partial charge is 0.00243 e. The van der Waals surface area contributed by atoms with Gasteiger partial charge in [-0.15, -0.1) is 0 Å². The third kappa shape index (κ3) is 5.33. The maximum Gasteiger partial charge on any atom is 0.00243 e. The van der Waals surface area contributed by atoms with Crippen molar-refractivity contribution in [2.24, 2.45) is 0 Å². The molecule has 0 saturated carbocycles. The second-order valence-electron chi connectivity index (χ2n) is 7.60. The first-order valence-corrected chi connectivity index (χ1v) is 9.88. The number of allylic oxidation sites excluding steroid dienone is 8. The van der Waals surface area contributed by atoms with Crippen LogP contribution in [0.2, 0.25) is 0 Å². The third-order valence-electron chi connectivity index (χ3n) is 5.00. The lowest BCUT2D eigenvalue weighted by Crippen LogP contribution is -2.07. The molecule has 0 heteroatoms. The summed E-state index contributed by atoms with van der Waals surface area (Å²) in [7, 11) is 0. The fourth-order valence-electron chi connectivity index (χ4n) is 3.58. The van der Waals surface area contributed by atoms with Crippen LogP contribution in [0, 0.1) is 0 Å². The van der Waals surface area contributed by atoms with E-state index in [0.717, 1.165) is 19.3 Å². The summed E-state index contributed by atoms with van der Waals surface area (Å²) < 4.78 is 0. The van der Waals surface area contributed by atoms with E-state index < -0.39 is 0 Å². The molecule has 0 nitrogen and oxygen atoms in total. The van der Waals surface area contributed by atoms with Gasteiger partial charge in [0.15, 0.2) is 0 Å². The summed E-state index contributed by atoms with van der Waals surface area (Å²) in [5.74, 6) is 1.59. The molecule has 1 aliphatic rings. The van der Waals surface area contributed by atoms with Crippen molar-refractivity contribution in [3.8, 4) is 0 Å². The molecule has 1 unspecified atom stereocenters. The van der Waals surface area contributed by atoms with Crippen LogP contribution >= 0.6 is 0 Å². The lowest BCUT2D eigenvalue weighted by molar-refractivity contribution is 0.729. The third-order valence-corrected chi connectivity index (χ3v) is 5.00. The van der Waals surface area contributed by atoms with Crippen LogP contribution in [0.15, 0.2) is 66.3 Å². The van der Waals surface area contributed by atoms with Gasteiger partial charge in [0.05, 0.1) is 0 Å². The zero-order valence-corrected chi connectivity index (χ0v) is 16.6. The highest BCUT2D eigenvalue weighted by Crippen LogP contribution is 2.36. The molecule has 0 amide bonds. The maximum absolute atomic E-state index is 2.43. The standard InChI is InChI=1S/C25H34/c1-6-22(18-17-21-13-10-8-7-9-11-14-21)25-23(19(2)3)15-12-16-24(25)20(4)5/h7-8,10,12-20,22H,6,9,11H2,1-5H3/b8-7-,13-10-,18-17-,21-14-. The van der Waals surface area contributed by atoms with Gasteiger partial charge in [0.1, 0.15) is 0 Å². The van der Waals surface area contributed by atoms with Crippen LogP contribution in [0.4, 0.5) is 0 Å². The number of rotatable bonds is 6. The number of benzene rings is 1. The molecule has 0 aliphatic heterocycles. The molecule has 25 heavy (non-hydrogen) atoms. The highest BCUT2D eigenvalue weighted by atomic mass is 14.2. The largest absolute Gasteiger partial charge is 0.0842 e. The van der Waals surface area contributed by atoms with E-state index in [9.17, 15) is 0 Å². The Kier molecular flexibility index (Phi) is 7.50. The van der Waals surface area contributed by atoms with Gasteiger partial charge in [-0.25, -0.2) is 0 Å². The molecule has 0 radical (unpaired) electrons. The molecule has 0 N–H and O–H groups in total. The Labute approximate surface area is 155 Å². The Bertz CT molecular complexity index is 639. The van der Waals surface area contributed by atoms with E-state index in [1.165, 1.54) is 16.7 Å². The summed E-state index contributed by atoms with van der Waals surface area (Å²) >= 11 is 0. The Morgan fingerprint density at radius 1 is 0.960 bits per heavy atom. The van der Waals surface area contributed by atoms with Gasteiger partial charge in [0.2, 0.25) is 0 Å². The minimum Gasteiger partial charge on any atom is -0.0842 e. The minimum atomic E-state index is 0.478. The fraction of sp³-hybridized carbons (Fsp3) is 0.440. The zero-order chi connectivity index (χ0) is 18.2. The number of hydrogen-bond donors (Lipinski definition) is 0. The number of hydrogen-bond acceptors (Lipinski definition) is 0. The fourth-order valence-corrected chi connectivity index (χ4v) is 3.58. The average Bonchev–Trinajstić information content (AvgIpc) is 2.56. The highest BCUT2D eigenvalue weighted by Gasteiger charge is 2.19. The predicted octanol–water partition coefficient (Wildman–Crippen LogP) is 7.82. The van der Waals surface area contributed by atoms with Gasteiger partial charge in [-0.2, -0.15) is 0 Å². The van der Waals surface area contributed by atoms with Crippen LogP contribution in [0.3, 0.4) is 0 Å². The predicted molar refractivity (Wildman–Crippen MR) is 112 cm³/mol. The highest BCUT2D eigenvalue weighted by molar-refractivity contribution is 5.44. The lowest BCUT2D eigenvalue weighted by atomic mass is 9.80. The van der Waals surface area contributed by atoms with Crippen LogP contribution in [0.1, 0.15) is 88.3 Å². The molecule has 0 aromatic heterocycles. The molecule has 2 rings (SSSR count). The molecule has 0 saturated heterocycles. The summed E-state index contributed by atoms with van der Waals surface area (Å²) in [5.41, 5.74) is 5.90. The summed E-state index contributed by atoms with van der Waals surface area (Å²) in [6, 6.07) is 6.88. The van der Waals surface area contributed by atoms with E-state index in [1.54, 1.807) is 5.56 Å². The first-order valence-electron chi connectivity index (χ1n) is 9.88. The van der Waals surface area contributed by atoms with Crippen LogP contribution in [-0.2, 0) is 0 Å². The van der Waals surface area contributed by atoms with Crippen LogP contribution in [-0.4, -0.2) is 0 Å². The van der Waals surface area contributed by atoms with E-state index in [4.69, 9.17) is 0 Å². The van der Waals surface area contributed by atoms with E-state index in [0.29, 0.717) is 17.8 Å². The van der Waals surface area contributed by atoms with Gasteiger partial charge in [-0.05, 0) is 53.4 Å². The first-order chi connectivity index (χ1) is 12.0. The van der Waals surface area contributed by atoms with Crippen LogP contribution in [0.5, 0.6) is 0 Å². The van der Waals surface area contributed by atoms with Gasteiger partial charge in [0, 0.05) is 5.92 Å². The van der Waals surface area contributed by atoms with Crippen molar-refractivity contribution in [1.82, 2.24) is 0 Å². The summed E-state index contributed by atoms with van der Waals surface area (Å²) in [5, 5.41) is 0. The van der Waals surface area contributed by atoms with Gasteiger partial charge in [-0.3, -0.25) is 0 Å². The Morgan fingerprint density at radius 2 is 1.64 bits per heavy atom. The summed E-state index contributed by atoms with van der Waals surface area (Å²) in [4.78, 5) is 0. The molecule has 1 aromatic carbocycles. The molecular formula is C25H34. The molecule has 0 bridgehead atoms. The van der Waals surface area contributed by atoms with E-state index in [-0.39, 0.29) is 0 Å². The second kappa shape index (κ2) is 9.61. The van der Waals surface area contributed by atoms with Crippen molar-refractivity contribution in [1.29, 1.82) is 0 Å². The van der Waals surface area contributed by atoms with Crippen LogP contribution < -0.4 is 0 Å². The van der Waals surface area contributed by atoms with Crippen molar-refractivity contribution < 1.29 is 0 Å². The molecule has 1 aromatic rings. The normalized spacial score (nSPS) is 21.0. The molecule has 134 valence electrons. The Morgan fingerprint density at radius 3 is 2.24 bits per heavy atom. The van der Waals surface area contributed by atoms with E-state index >= 15 is 0 Å². The van der Waals surface area contributed by atoms with Crippen LogP contribution in [0.25, 0.3) is 0 Å². The summed E-state index contributed by atoms with van der Waals surface area (Å²) in [6.45, 7) is 11.6. The molecule has 0 spiro atoms. The second-order valence-corrected chi connectivity index (χ2v) is 7.60. The van der Waals surface area contributed by atoms with Crippen molar-refractivity contribution in [2.45, 2.75) is 71.6 Å². The van der Waals surface area contributed by atoms with Gasteiger partial charge >= 0.3 is 0 Å². The monoisotopic (exact) mass is 334 g/mol. The minimum absolute atomic E-state index is 0.478. The summed E-state index contributed by atoms with van der Waals surface area (Å²) in [6.07, 6.45) is 19.2. The Balaban J connectivity index is 2.40.